The average Bonchev–Trinajstić information content (AvgIpc) is 3.28. The van der Waals surface area contributed by atoms with Crippen molar-refractivity contribution in [2.45, 2.75) is 38.8 Å². The average molecular weight is 497 g/mol. The Bertz CT molecular complexity index is 1580. The number of ether oxygens (including phenoxy) is 2. The van der Waals surface area contributed by atoms with Crippen LogP contribution in [0.4, 0.5) is 4.79 Å². The smallest absolute Gasteiger partial charge is 0.408 e. The Morgan fingerprint density at radius 1 is 0.946 bits per heavy atom. The van der Waals surface area contributed by atoms with Gasteiger partial charge in [0.05, 0.1) is 12.7 Å². The largest absolute Gasteiger partial charge is 0.467 e. The fourth-order valence-corrected chi connectivity index (χ4v) is 4.47. The number of amides is 1. The van der Waals surface area contributed by atoms with Gasteiger partial charge in [0.25, 0.3) is 0 Å². The predicted octanol–water partition coefficient (Wildman–Crippen LogP) is 6.41. The number of nitrogens with zero attached hydrogens (tertiary/aromatic N) is 1. The van der Waals surface area contributed by atoms with E-state index in [9.17, 15) is 9.59 Å². The van der Waals surface area contributed by atoms with E-state index < -0.39 is 23.7 Å². The summed E-state index contributed by atoms with van der Waals surface area (Å²) in [5.41, 5.74) is 2.33. The van der Waals surface area contributed by atoms with Gasteiger partial charge in [-0.25, -0.2) is 14.6 Å². The molecule has 1 atom stereocenters. The van der Waals surface area contributed by atoms with Gasteiger partial charge < -0.3 is 19.2 Å². The molecular formula is C30H28N2O5. The highest BCUT2D eigenvalue weighted by molar-refractivity contribution is 6.11. The highest BCUT2D eigenvalue weighted by Gasteiger charge is 2.26. The highest BCUT2D eigenvalue weighted by Crippen LogP contribution is 2.37. The van der Waals surface area contributed by atoms with E-state index in [0.717, 1.165) is 32.7 Å². The molecule has 0 spiro atoms. The van der Waals surface area contributed by atoms with Crippen LogP contribution in [0.15, 0.2) is 77.2 Å². The molecule has 0 fully saturated rings. The lowest BCUT2D eigenvalue weighted by Crippen LogP contribution is -2.45. The third-order valence-electron chi connectivity index (χ3n) is 6.05. The van der Waals surface area contributed by atoms with E-state index in [1.165, 1.54) is 7.11 Å². The maximum atomic E-state index is 12.4. The monoisotopic (exact) mass is 496 g/mol. The van der Waals surface area contributed by atoms with Crippen LogP contribution in [0.2, 0.25) is 0 Å². The Balaban J connectivity index is 1.51. The summed E-state index contributed by atoms with van der Waals surface area (Å²) in [5, 5.41) is 6.93. The third-order valence-corrected chi connectivity index (χ3v) is 6.05. The molecule has 1 amide bonds. The molecule has 0 aliphatic carbocycles. The number of esters is 1. The number of hydrogen-bond donors (Lipinski definition) is 1. The summed E-state index contributed by atoms with van der Waals surface area (Å²) in [7, 11) is 1.29. The molecule has 1 aromatic heterocycles. The summed E-state index contributed by atoms with van der Waals surface area (Å²) >= 11 is 0. The Hall–Kier alpha value is -4.39. The lowest BCUT2D eigenvalue weighted by Gasteiger charge is -2.22. The number of aromatic nitrogens is 1. The van der Waals surface area contributed by atoms with E-state index in [4.69, 9.17) is 18.9 Å². The van der Waals surface area contributed by atoms with Crippen LogP contribution in [0.3, 0.4) is 0 Å². The van der Waals surface area contributed by atoms with Gasteiger partial charge in [-0.2, -0.15) is 0 Å². The summed E-state index contributed by atoms with van der Waals surface area (Å²) in [6.45, 7) is 5.28. The number of carbonyl (C=O) groups is 2. The standard InChI is InChI=1S/C30H28N2O5/c1-30(2,3)37-29(34)32-24(28(33)35-4)16-18-13-14-25-23(15-18)31-27(36-25)26-21-11-7-5-9-19(21)17-20-10-6-8-12-22(20)26/h5-15,17,24H,16H2,1-4H3,(H,32,34)/t24-/m0/s1. The molecule has 4 aromatic carbocycles. The predicted molar refractivity (Wildman–Crippen MR) is 143 cm³/mol. The highest BCUT2D eigenvalue weighted by atomic mass is 16.6. The van der Waals surface area contributed by atoms with Crippen molar-refractivity contribution in [3.8, 4) is 11.5 Å². The van der Waals surface area contributed by atoms with Gasteiger partial charge >= 0.3 is 12.1 Å². The van der Waals surface area contributed by atoms with Gasteiger partial charge in [0.2, 0.25) is 5.89 Å². The number of hydrogen-bond acceptors (Lipinski definition) is 6. The van der Waals surface area contributed by atoms with Gasteiger partial charge in [-0.05, 0) is 66.1 Å². The van der Waals surface area contributed by atoms with Crippen LogP contribution in [0.1, 0.15) is 26.3 Å². The van der Waals surface area contributed by atoms with E-state index in [0.29, 0.717) is 17.0 Å². The Kier molecular flexibility index (Phi) is 6.29. The number of carbonyl (C=O) groups excluding carboxylic acids is 2. The fraction of sp³-hybridized carbons (Fsp3) is 0.233. The Morgan fingerprint density at radius 3 is 2.22 bits per heavy atom. The number of fused-ring (bicyclic) bond motifs is 3. The van der Waals surface area contributed by atoms with Crippen LogP contribution in [0, 0.1) is 0 Å². The normalized spacial score (nSPS) is 12.5. The molecule has 7 nitrogen and oxygen atoms in total. The second-order valence-electron chi connectivity index (χ2n) is 9.94. The van der Waals surface area contributed by atoms with Crippen molar-refractivity contribution < 1.29 is 23.5 Å². The first-order chi connectivity index (χ1) is 17.7. The summed E-state index contributed by atoms with van der Waals surface area (Å²) in [6, 6.07) is 23.1. The van der Waals surface area contributed by atoms with Gasteiger partial charge in [-0.15, -0.1) is 0 Å². The fourth-order valence-electron chi connectivity index (χ4n) is 4.47. The molecule has 0 unspecified atom stereocenters. The van der Waals surface area contributed by atoms with Crippen molar-refractivity contribution in [2.75, 3.05) is 7.11 Å². The second-order valence-corrected chi connectivity index (χ2v) is 9.94. The molecule has 0 bridgehead atoms. The topological polar surface area (TPSA) is 90.7 Å². The molecule has 37 heavy (non-hydrogen) atoms. The molecule has 1 N–H and O–H groups in total. The van der Waals surface area contributed by atoms with Gasteiger partial charge in [0.15, 0.2) is 5.58 Å². The number of nitrogens with one attached hydrogen (secondary N) is 1. The molecule has 0 aliphatic heterocycles. The number of alkyl carbamates (subject to hydrolysis) is 1. The van der Waals surface area contributed by atoms with Crippen LogP contribution in [-0.2, 0) is 20.7 Å². The zero-order valence-electron chi connectivity index (χ0n) is 21.2. The van der Waals surface area contributed by atoms with E-state index in [2.05, 4.69) is 35.6 Å². The van der Waals surface area contributed by atoms with E-state index in [1.807, 2.05) is 42.5 Å². The molecule has 0 radical (unpaired) electrons. The Labute approximate surface area is 214 Å². The summed E-state index contributed by atoms with van der Waals surface area (Å²) in [4.78, 5) is 29.5. The van der Waals surface area contributed by atoms with E-state index >= 15 is 0 Å². The minimum absolute atomic E-state index is 0.210. The van der Waals surface area contributed by atoms with Crippen LogP contribution in [0.25, 0.3) is 44.1 Å². The number of benzene rings is 4. The first-order valence-corrected chi connectivity index (χ1v) is 12.1. The van der Waals surface area contributed by atoms with Crippen LogP contribution >= 0.6 is 0 Å². The molecule has 0 saturated carbocycles. The first kappa shape index (κ1) is 24.3. The molecule has 0 aliphatic rings. The molecule has 0 saturated heterocycles. The molecule has 7 heteroatoms. The molecule has 188 valence electrons. The molecule has 5 aromatic rings. The summed E-state index contributed by atoms with van der Waals surface area (Å²) < 4.78 is 16.4. The zero-order valence-corrected chi connectivity index (χ0v) is 21.2. The third kappa shape index (κ3) is 5.11. The van der Waals surface area contributed by atoms with Crippen molar-refractivity contribution in [3.63, 3.8) is 0 Å². The summed E-state index contributed by atoms with van der Waals surface area (Å²) in [5.74, 6) is -0.0365. The van der Waals surface area contributed by atoms with E-state index in [-0.39, 0.29) is 6.42 Å². The lowest BCUT2D eigenvalue weighted by molar-refractivity contribution is -0.143. The number of methoxy groups -OCH3 is 1. The van der Waals surface area contributed by atoms with Crippen molar-refractivity contribution in [3.05, 3.63) is 78.4 Å². The van der Waals surface area contributed by atoms with E-state index in [1.54, 1.807) is 20.8 Å². The zero-order chi connectivity index (χ0) is 26.2. The maximum Gasteiger partial charge on any atom is 0.408 e. The quantitative estimate of drug-likeness (QED) is 0.223. The SMILES string of the molecule is COC(=O)[C@H](Cc1ccc2oc(-c3c4ccccc4cc4ccccc34)nc2c1)NC(=O)OC(C)(C)C. The number of rotatable bonds is 5. The van der Waals surface area contributed by atoms with Crippen molar-refractivity contribution in [2.24, 2.45) is 0 Å². The van der Waals surface area contributed by atoms with Crippen molar-refractivity contribution >= 4 is 44.7 Å². The molecule has 5 rings (SSSR count). The first-order valence-electron chi connectivity index (χ1n) is 12.1. The van der Waals surface area contributed by atoms with Crippen LogP contribution in [-0.4, -0.2) is 35.8 Å². The minimum Gasteiger partial charge on any atom is -0.467 e. The summed E-state index contributed by atoms with van der Waals surface area (Å²) in [6.07, 6.45) is -0.475. The second kappa shape index (κ2) is 9.58. The minimum atomic E-state index is -0.911. The number of oxazole rings is 1. The van der Waals surface area contributed by atoms with Crippen LogP contribution in [0.5, 0.6) is 0 Å². The van der Waals surface area contributed by atoms with Gasteiger partial charge in [-0.3, -0.25) is 0 Å². The maximum absolute atomic E-state index is 12.4. The van der Waals surface area contributed by atoms with Crippen LogP contribution < -0.4 is 5.32 Å². The lowest BCUT2D eigenvalue weighted by atomic mass is 9.97. The van der Waals surface area contributed by atoms with Crippen molar-refractivity contribution in [1.82, 2.24) is 10.3 Å². The molecule has 1 heterocycles. The van der Waals surface area contributed by atoms with Crippen molar-refractivity contribution in [1.29, 1.82) is 0 Å². The van der Waals surface area contributed by atoms with Gasteiger partial charge in [-0.1, -0.05) is 54.6 Å². The van der Waals surface area contributed by atoms with Gasteiger partial charge in [0, 0.05) is 6.42 Å². The molecular weight excluding hydrogens is 468 g/mol. The van der Waals surface area contributed by atoms with Gasteiger partial charge in [0.1, 0.15) is 17.2 Å². The Morgan fingerprint density at radius 2 is 1.59 bits per heavy atom.